The summed E-state index contributed by atoms with van der Waals surface area (Å²) in [6.45, 7) is 1.85. The number of benzene rings is 1. The van der Waals surface area contributed by atoms with Crippen LogP contribution in [0, 0.1) is 17.0 Å². The molecule has 11 heteroatoms. The number of nitrogens with one attached hydrogen (secondary N) is 2. The maximum atomic E-state index is 12.6. The monoisotopic (exact) mass is 374 g/mol. The molecule has 0 unspecified atom stereocenters. The van der Waals surface area contributed by atoms with Crippen molar-refractivity contribution in [1.29, 1.82) is 0 Å². The lowest BCUT2D eigenvalue weighted by atomic mass is 10.1. The number of nitrogens with zero attached hydrogens (tertiary/aromatic N) is 2. The third-order valence-corrected chi connectivity index (χ3v) is 3.89. The van der Waals surface area contributed by atoms with E-state index in [9.17, 15) is 28.1 Å². The van der Waals surface area contributed by atoms with Crippen molar-refractivity contribution < 1.29 is 22.9 Å². The van der Waals surface area contributed by atoms with Gasteiger partial charge >= 0.3 is 6.18 Å². The van der Waals surface area contributed by atoms with Crippen LogP contribution in [-0.4, -0.2) is 22.4 Å². The van der Waals surface area contributed by atoms with Gasteiger partial charge in [0, 0.05) is 30.1 Å². The molecule has 1 aromatic heterocycles. The second-order valence-electron chi connectivity index (χ2n) is 4.99. The number of alkyl halides is 3. The number of hydrogen-bond acceptors (Lipinski definition) is 6. The third kappa shape index (κ3) is 5.14. The van der Waals surface area contributed by atoms with Gasteiger partial charge in [0.25, 0.3) is 5.69 Å². The number of anilines is 2. The summed E-state index contributed by atoms with van der Waals surface area (Å²) in [5, 5.41) is 16.6. The number of carbonyl (C=O) groups excluding carboxylic acids is 1. The van der Waals surface area contributed by atoms with E-state index in [1.165, 1.54) is 11.3 Å². The molecule has 0 saturated heterocycles. The van der Waals surface area contributed by atoms with Gasteiger partial charge in [-0.25, -0.2) is 4.98 Å². The molecular formula is C14H13F3N4O3S. The van der Waals surface area contributed by atoms with Gasteiger partial charge in [-0.3, -0.25) is 14.9 Å². The summed E-state index contributed by atoms with van der Waals surface area (Å²) in [5.74, 6) is -0.364. The van der Waals surface area contributed by atoms with Gasteiger partial charge in [-0.05, 0) is 19.1 Å². The smallest absolute Gasteiger partial charge is 0.379 e. The number of nitro groups is 1. The summed E-state index contributed by atoms with van der Waals surface area (Å²) in [6, 6.07) is 2.18. The number of hydrogen-bond donors (Lipinski definition) is 2. The highest BCUT2D eigenvalue weighted by atomic mass is 32.1. The van der Waals surface area contributed by atoms with Crippen molar-refractivity contribution in [2.75, 3.05) is 17.2 Å². The quantitative estimate of drug-likeness (QED) is 0.592. The molecule has 1 heterocycles. The number of nitro benzene ring substituents is 1. The van der Waals surface area contributed by atoms with Crippen LogP contribution in [0.4, 0.5) is 29.7 Å². The lowest BCUT2D eigenvalue weighted by Gasteiger charge is -2.10. The zero-order chi connectivity index (χ0) is 18.6. The van der Waals surface area contributed by atoms with Crippen LogP contribution in [0.5, 0.6) is 0 Å². The Labute approximate surface area is 144 Å². The van der Waals surface area contributed by atoms with Crippen LogP contribution in [0.1, 0.15) is 16.9 Å². The van der Waals surface area contributed by atoms with Crippen molar-refractivity contribution in [3.05, 3.63) is 45.0 Å². The van der Waals surface area contributed by atoms with Crippen LogP contribution in [0.25, 0.3) is 0 Å². The Morgan fingerprint density at radius 1 is 1.40 bits per heavy atom. The van der Waals surface area contributed by atoms with E-state index >= 15 is 0 Å². The summed E-state index contributed by atoms with van der Waals surface area (Å²) in [7, 11) is 0. The Morgan fingerprint density at radius 2 is 2.12 bits per heavy atom. The molecule has 0 bridgehead atoms. The van der Waals surface area contributed by atoms with Crippen LogP contribution < -0.4 is 10.6 Å². The zero-order valence-corrected chi connectivity index (χ0v) is 13.7. The second-order valence-corrected chi connectivity index (χ2v) is 6.22. The minimum absolute atomic E-state index is 0.0163. The fourth-order valence-corrected chi connectivity index (χ4v) is 2.59. The molecule has 2 aromatic rings. The molecule has 134 valence electrons. The van der Waals surface area contributed by atoms with Crippen molar-refractivity contribution in [2.45, 2.75) is 19.5 Å². The molecule has 0 aliphatic heterocycles. The number of aromatic nitrogens is 1. The summed E-state index contributed by atoms with van der Waals surface area (Å²) >= 11 is 1.30. The normalized spacial score (nSPS) is 11.2. The minimum Gasteiger partial charge on any atom is -0.379 e. The van der Waals surface area contributed by atoms with Gasteiger partial charge < -0.3 is 10.6 Å². The van der Waals surface area contributed by atoms with Crippen molar-refractivity contribution in [3.8, 4) is 0 Å². The molecular weight excluding hydrogens is 361 g/mol. The van der Waals surface area contributed by atoms with Crippen LogP contribution in [0.15, 0.2) is 24.4 Å². The third-order valence-electron chi connectivity index (χ3n) is 3.06. The van der Waals surface area contributed by atoms with Crippen LogP contribution in [-0.2, 0) is 11.0 Å². The molecule has 0 aliphatic carbocycles. The van der Waals surface area contributed by atoms with Gasteiger partial charge in [0.05, 0.1) is 10.5 Å². The molecule has 2 rings (SSSR count). The molecule has 7 nitrogen and oxygen atoms in total. The number of aryl methyl sites for hydroxylation is 1. The van der Waals surface area contributed by atoms with E-state index in [-0.39, 0.29) is 24.6 Å². The maximum Gasteiger partial charge on any atom is 0.416 e. The van der Waals surface area contributed by atoms with Crippen molar-refractivity contribution >= 4 is 33.8 Å². The van der Waals surface area contributed by atoms with Crippen LogP contribution >= 0.6 is 11.3 Å². The highest BCUT2D eigenvalue weighted by Crippen LogP contribution is 2.34. The first-order valence-electron chi connectivity index (χ1n) is 6.98. The van der Waals surface area contributed by atoms with Gasteiger partial charge in [-0.2, -0.15) is 13.2 Å². The Morgan fingerprint density at radius 3 is 2.68 bits per heavy atom. The second kappa shape index (κ2) is 7.47. The van der Waals surface area contributed by atoms with E-state index in [1.54, 1.807) is 6.20 Å². The summed E-state index contributed by atoms with van der Waals surface area (Å²) in [4.78, 5) is 26.7. The fraction of sp³-hybridized carbons (Fsp3) is 0.286. The molecule has 0 aliphatic rings. The van der Waals surface area contributed by atoms with Crippen molar-refractivity contribution in [3.63, 3.8) is 0 Å². The summed E-state index contributed by atoms with van der Waals surface area (Å²) in [5.41, 5.74) is -1.90. The minimum atomic E-state index is -4.67. The molecule has 0 atom stereocenters. The van der Waals surface area contributed by atoms with Crippen molar-refractivity contribution in [2.24, 2.45) is 0 Å². The van der Waals surface area contributed by atoms with Crippen LogP contribution in [0.2, 0.25) is 0 Å². The average Bonchev–Trinajstić information content (AvgIpc) is 2.91. The lowest BCUT2D eigenvalue weighted by Crippen LogP contribution is -2.16. The van der Waals surface area contributed by atoms with Gasteiger partial charge in [0.15, 0.2) is 5.13 Å². The summed E-state index contributed by atoms with van der Waals surface area (Å²) in [6.07, 6.45) is -3.10. The van der Waals surface area contributed by atoms with E-state index in [2.05, 4.69) is 15.6 Å². The number of amides is 1. The van der Waals surface area contributed by atoms with E-state index in [4.69, 9.17) is 0 Å². The van der Waals surface area contributed by atoms with Gasteiger partial charge in [-0.1, -0.05) is 0 Å². The topological polar surface area (TPSA) is 97.2 Å². The predicted molar refractivity (Wildman–Crippen MR) is 86.7 cm³/mol. The molecule has 1 aromatic carbocycles. The number of halogens is 3. The Bertz CT molecular complexity index is 792. The highest BCUT2D eigenvalue weighted by molar-refractivity contribution is 7.15. The molecule has 1 amide bonds. The molecule has 0 radical (unpaired) electrons. The largest absolute Gasteiger partial charge is 0.416 e. The first-order chi connectivity index (χ1) is 11.7. The first-order valence-corrected chi connectivity index (χ1v) is 7.80. The summed E-state index contributed by atoms with van der Waals surface area (Å²) < 4.78 is 37.9. The zero-order valence-electron chi connectivity index (χ0n) is 12.9. The van der Waals surface area contributed by atoms with Crippen LogP contribution in [0.3, 0.4) is 0 Å². The predicted octanol–water partition coefficient (Wildman–Crippen LogP) is 3.82. The van der Waals surface area contributed by atoms with E-state index in [0.717, 1.165) is 17.0 Å². The van der Waals surface area contributed by atoms with Gasteiger partial charge in [0.1, 0.15) is 5.69 Å². The Kier molecular flexibility index (Phi) is 5.57. The standard InChI is InChI=1S/C14H13F3N4O3S/c1-8-7-19-13(25-8)20-12(22)4-5-18-10-3-2-9(14(15,16)17)6-11(10)21(23)24/h2-3,6-7,18H,4-5H2,1H3,(H,19,20,22). The van der Waals surface area contributed by atoms with Gasteiger partial charge in [0.2, 0.25) is 5.91 Å². The molecule has 25 heavy (non-hydrogen) atoms. The lowest BCUT2D eigenvalue weighted by molar-refractivity contribution is -0.384. The average molecular weight is 374 g/mol. The fourth-order valence-electron chi connectivity index (χ4n) is 1.91. The molecule has 0 saturated carbocycles. The number of thiazole rings is 1. The van der Waals surface area contributed by atoms with E-state index in [0.29, 0.717) is 11.2 Å². The van der Waals surface area contributed by atoms with E-state index < -0.39 is 22.4 Å². The SMILES string of the molecule is Cc1cnc(NC(=O)CCNc2ccc(C(F)(F)F)cc2[N+](=O)[O-])s1. The number of rotatable bonds is 6. The molecule has 0 spiro atoms. The van der Waals surface area contributed by atoms with E-state index in [1.807, 2.05) is 6.92 Å². The number of carbonyl (C=O) groups is 1. The first kappa shape index (κ1) is 18.6. The maximum absolute atomic E-state index is 12.6. The van der Waals surface area contributed by atoms with Gasteiger partial charge in [-0.15, -0.1) is 11.3 Å². The highest BCUT2D eigenvalue weighted by Gasteiger charge is 2.33. The molecule has 2 N–H and O–H groups in total. The Hall–Kier alpha value is -2.69. The van der Waals surface area contributed by atoms with Crippen molar-refractivity contribution in [1.82, 2.24) is 4.98 Å². The Balaban J connectivity index is 1.98. The molecule has 0 fully saturated rings.